The Labute approximate surface area is 305 Å². The molecule has 0 aromatic heterocycles. The van der Waals surface area contributed by atoms with Crippen molar-refractivity contribution in [3.63, 3.8) is 0 Å². The van der Waals surface area contributed by atoms with E-state index < -0.39 is 122 Å². The minimum absolute atomic E-state index is 0.147. The first kappa shape index (κ1) is 41.5. The lowest BCUT2D eigenvalue weighted by molar-refractivity contribution is -0.303. The predicted octanol–water partition coefficient (Wildman–Crippen LogP) is 2.31. The van der Waals surface area contributed by atoms with Gasteiger partial charge in [-0.3, -0.25) is 14.4 Å². The van der Waals surface area contributed by atoms with Crippen molar-refractivity contribution in [2.45, 2.75) is 122 Å². The number of aliphatic hydroxyl groups is 4. The second-order valence-electron chi connectivity index (χ2n) is 14.9. The number of amides is 2. The summed E-state index contributed by atoms with van der Waals surface area (Å²) in [6.45, 7) is 9.79. The van der Waals surface area contributed by atoms with E-state index >= 15 is 0 Å². The summed E-state index contributed by atoms with van der Waals surface area (Å²) in [6.07, 6.45) is -7.80. The second-order valence-corrected chi connectivity index (χ2v) is 14.9. The van der Waals surface area contributed by atoms with Crippen LogP contribution in [-0.4, -0.2) is 136 Å². The van der Waals surface area contributed by atoms with Gasteiger partial charge in [-0.1, -0.05) is 52.0 Å². The Morgan fingerprint density at radius 1 is 1.00 bits per heavy atom. The van der Waals surface area contributed by atoms with Crippen molar-refractivity contribution < 1.29 is 58.6 Å². The van der Waals surface area contributed by atoms with Crippen LogP contribution in [-0.2, 0) is 28.5 Å². The van der Waals surface area contributed by atoms with Gasteiger partial charge in [-0.25, -0.2) is 9.69 Å². The molecule has 290 valence electrons. The summed E-state index contributed by atoms with van der Waals surface area (Å²) in [5.41, 5.74) is 0.576. The fraction of sp³-hybridized carbons (Fsp3) is 0.684. The largest absolute Gasteiger partial charge is 0.462 e. The van der Waals surface area contributed by atoms with Crippen LogP contribution >= 0.6 is 0 Å². The average molecular weight is 733 g/mol. The van der Waals surface area contributed by atoms with Gasteiger partial charge in [0.05, 0.1) is 43.5 Å². The van der Waals surface area contributed by atoms with Gasteiger partial charge >= 0.3 is 12.1 Å². The Morgan fingerprint density at radius 2 is 1.65 bits per heavy atom. The van der Waals surface area contributed by atoms with Gasteiger partial charge in [0.2, 0.25) is 0 Å². The summed E-state index contributed by atoms with van der Waals surface area (Å²) in [6, 6.07) is 5.99. The third kappa shape index (κ3) is 8.92. The number of ketones is 1. The molecule has 0 spiro atoms. The van der Waals surface area contributed by atoms with E-state index in [1.54, 1.807) is 84.8 Å². The molecule has 3 heterocycles. The van der Waals surface area contributed by atoms with Crippen molar-refractivity contribution in [1.29, 1.82) is 0 Å². The van der Waals surface area contributed by atoms with Crippen molar-refractivity contribution in [3.8, 4) is 0 Å². The number of rotatable bonds is 6. The van der Waals surface area contributed by atoms with Crippen LogP contribution in [0.2, 0.25) is 0 Å². The van der Waals surface area contributed by atoms with E-state index in [0.717, 1.165) is 4.90 Å². The number of benzene rings is 1. The van der Waals surface area contributed by atoms with Crippen LogP contribution in [0, 0.1) is 23.7 Å². The Bertz CT molecular complexity index is 1440. The number of likely N-dealkylation sites (N-methyl/N-ethyl adjacent to an activating group) is 1. The third-order valence-electron chi connectivity index (χ3n) is 10.8. The smallest absolute Gasteiger partial charge is 0.418 e. The summed E-state index contributed by atoms with van der Waals surface area (Å²) in [4.78, 5) is 57.6. The first-order valence-electron chi connectivity index (χ1n) is 18.1. The maximum atomic E-state index is 14.5. The molecule has 7 unspecified atom stereocenters. The van der Waals surface area contributed by atoms with Gasteiger partial charge in [0.1, 0.15) is 18.2 Å². The van der Waals surface area contributed by atoms with Crippen molar-refractivity contribution in [2.24, 2.45) is 23.7 Å². The summed E-state index contributed by atoms with van der Waals surface area (Å²) in [5.74, 6) is -4.68. The van der Waals surface area contributed by atoms with Crippen LogP contribution < -0.4 is 0 Å². The molecule has 14 nitrogen and oxygen atoms in total. The van der Waals surface area contributed by atoms with Crippen LogP contribution in [0.25, 0.3) is 0 Å². The molecule has 14 atom stereocenters. The predicted molar refractivity (Wildman–Crippen MR) is 188 cm³/mol. The number of fused-ring (bicyclic) bond motifs is 1. The van der Waals surface area contributed by atoms with Crippen molar-refractivity contribution in [3.05, 3.63) is 47.5 Å². The van der Waals surface area contributed by atoms with Gasteiger partial charge in [-0.2, -0.15) is 0 Å². The van der Waals surface area contributed by atoms with E-state index in [2.05, 4.69) is 0 Å². The van der Waals surface area contributed by atoms with E-state index in [9.17, 15) is 39.6 Å². The third-order valence-corrected chi connectivity index (χ3v) is 10.8. The molecule has 2 fully saturated rings. The van der Waals surface area contributed by atoms with E-state index in [0.29, 0.717) is 12.0 Å². The summed E-state index contributed by atoms with van der Waals surface area (Å²) in [5, 5.41) is 43.9. The number of imide groups is 1. The molecule has 0 bridgehead atoms. The summed E-state index contributed by atoms with van der Waals surface area (Å²) in [7, 11) is 3.43. The molecule has 2 amide bonds. The summed E-state index contributed by atoms with van der Waals surface area (Å²) >= 11 is 0. The van der Waals surface area contributed by atoms with Gasteiger partial charge in [0.25, 0.3) is 5.91 Å². The number of esters is 1. The molecule has 14 heteroatoms. The van der Waals surface area contributed by atoms with Gasteiger partial charge in [0, 0.05) is 23.3 Å². The molecule has 4 N–H and O–H groups in total. The minimum atomic E-state index is -1.36. The van der Waals surface area contributed by atoms with Crippen LogP contribution in [0.15, 0.2) is 42.0 Å². The number of hydrogen-bond acceptors (Lipinski definition) is 13. The molecule has 0 radical (unpaired) electrons. The lowest BCUT2D eigenvalue weighted by atomic mass is 9.80. The number of cyclic esters (lactones) is 1. The number of aliphatic hydroxyl groups excluding tert-OH is 4. The standard InChI is InChI=1S/C38H56N2O12/c1-9-27-25(18-41)16-21(4)35-30(40(38(48)52-35)36(47)24-13-11-10-12-14-24)31(44)19(2)15-20(3)34(22(5)26(42)17-28(43)50-27)51-37-33(46)29(39(7)8)32(45)23(6)49-37/h10-14,16,19-20,22-23,25-27,29-30,32-35,37,41-42,45-46H,9,15,17-18H2,1-8H3/t19-,20+,22+,23?,25-,26-,27-,29?,30?,32?,33?,34+,35?,37?/m1/s1. The van der Waals surface area contributed by atoms with Crippen LogP contribution in [0.5, 0.6) is 0 Å². The van der Waals surface area contributed by atoms with Crippen LogP contribution in [0.3, 0.4) is 0 Å². The number of Topliss-reactive ketones (excluding diaryl/α,β-unsaturated/α-hetero) is 1. The molecule has 1 aromatic rings. The highest BCUT2D eigenvalue weighted by molar-refractivity contribution is 6.08. The molecule has 3 aliphatic heterocycles. The number of carbonyl (C=O) groups is 4. The molecule has 0 aliphatic carbocycles. The van der Waals surface area contributed by atoms with E-state index in [-0.39, 0.29) is 12.0 Å². The zero-order valence-corrected chi connectivity index (χ0v) is 31.3. The monoisotopic (exact) mass is 732 g/mol. The van der Waals surface area contributed by atoms with E-state index in [1.165, 1.54) is 12.1 Å². The topological polar surface area (TPSA) is 193 Å². The highest BCUT2D eigenvalue weighted by atomic mass is 16.7. The van der Waals surface area contributed by atoms with Gasteiger partial charge in [-0.05, 0) is 64.4 Å². The Balaban J connectivity index is 1.77. The number of hydrogen-bond donors (Lipinski definition) is 4. The summed E-state index contributed by atoms with van der Waals surface area (Å²) < 4.78 is 23.9. The molecule has 4 rings (SSSR count). The zero-order chi connectivity index (χ0) is 38.6. The van der Waals surface area contributed by atoms with Crippen LogP contribution in [0.1, 0.15) is 71.2 Å². The number of nitrogens with zero attached hydrogens (tertiary/aromatic N) is 2. The lowest BCUT2D eigenvalue weighted by Crippen LogP contribution is -2.63. The Kier molecular flexibility index (Phi) is 14.1. The van der Waals surface area contributed by atoms with Crippen molar-refractivity contribution in [1.82, 2.24) is 9.80 Å². The first-order chi connectivity index (χ1) is 24.5. The lowest BCUT2D eigenvalue weighted by Gasteiger charge is -2.46. The van der Waals surface area contributed by atoms with Gasteiger partial charge < -0.3 is 44.3 Å². The zero-order valence-electron chi connectivity index (χ0n) is 31.3. The molecular formula is C38H56N2O12. The molecule has 3 aliphatic rings. The van der Waals surface area contributed by atoms with E-state index in [4.69, 9.17) is 18.9 Å². The highest BCUT2D eigenvalue weighted by Gasteiger charge is 2.52. The Hall–Kier alpha value is -3.24. The van der Waals surface area contributed by atoms with Gasteiger partial charge in [-0.15, -0.1) is 0 Å². The first-order valence-corrected chi connectivity index (χ1v) is 18.1. The second kappa shape index (κ2) is 17.7. The van der Waals surface area contributed by atoms with Crippen molar-refractivity contribution in [2.75, 3.05) is 20.7 Å². The molecule has 1 aromatic carbocycles. The fourth-order valence-corrected chi connectivity index (χ4v) is 7.77. The molecule has 2 saturated heterocycles. The number of ether oxygens (including phenoxy) is 4. The normalized spacial score (nSPS) is 38.4. The molecular weight excluding hydrogens is 676 g/mol. The maximum absolute atomic E-state index is 14.5. The molecule has 0 saturated carbocycles. The molecule has 52 heavy (non-hydrogen) atoms. The van der Waals surface area contributed by atoms with Crippen molar-refractivity contribution >= 4 is 23.8 Å². The maximum Gasteiger partial charge on any atom is 0.418 e. The van der Waals surface area contributed by atoms with Gasteiger partial charge in [0.15, 0.2) is 18.2 Å². The quantitative estimate of drug-likeness (QED) is 0.246. The average Bonchev–Trinajstić information content (AvgIpc) is 3.46. The fourth-order valence-electron chi connectivity index (χ4n) is 7.77. The SMILES string of the molecule is CC[C@H]1OC(=O)C[C@@H](O)[C@H](C)[C@@H](OC2OC(C)C(O)C(N(C)C)C2O)[C@@H](C)C[C@@H](C)C(=O)C2C(OC(=O)N2C(=O)c2ccccc2)C(C)=C[C@@H]1CO. The highest BCUT2D eigenvalue weighted by Crippen LogP contribution is 2.36. The minimum Gasteiger partial charge on any atom is -0.462 e. The number of carbonyl (C=O) groups excluding carboxylic acids is 4. The van der Waals surface area contributed by atoms with Crippen LogP contribution in [0.4, 0.5) is 4.79 Å². The Morgan fingerprint density at radius 3 is 2.25 bits per heavy atom. The van der Waals surface area contributed by atoms with E-state index in [1.807, 2.05) is 0 Å².